The van der Waals surface area contributed by atoms with Gasteiger partial charge in [0.15, 0.2) is 10.8 Å². The smallest absolute Gasteiger partial charge is 0.301 e. The molecule has 0 aliphatic carbocycles. The largest absolute Gasteiger partial charge is 0.365 e. The summed E-state index contributed by atoms with van der Waals surface area (Å²) in [6.45, 7) is 0. The zero-order chi connectivity index (χ0) is 23.4. The van der Waals surface area contributed by atoms with Crippen LogP contribution < -0.4 is 10.6 Å². The van der Waals surface area contributed by atoms with Crippen molar-refractivity contribution < 1.29 is 19.4 Å². The van der Waals surface area contributed by atoms with Crippen molar-refractivity contribution in [2.45, 2.75) is 24.3 Å². The molecular formula is C24H18Cl2N5O3+. The van der Waals surface area contributed by atoms with E-state index in [9.17, 15) is 9.90 Å². The zero-order valence-corrected chi connectivity index (χ0v) is 19.1. The molecular weight excluding hydrogens is 477 g/mol. The van der Waals surface area contributed by atoms with Gasteiger partial charge in [-0.3, -0.25) is 4.79 Å². The monoisotopic (exact) mass is 494 g/mol. The number of rotatable bonds is 2. The van der Waals surface area contributed by atoms with Gasteiger partial charge in [-0.15, -0.1) is 0 Å². The van der Waals surface area contributed by atoms with Gasteiger partial charge in [-0.05, 0) is 29.0 Å². The lowest BCUT2D eigenvalue weighted by Crippen LogP contribution is -2.47. The highest BCUT2D eigenvalue weighted by Gasteiger charge is 2.54. The van der Waals surface area contributed by atoms with Crippen molar-refractivity contribution in [2.75, 3.05) is 10.6 Å². The predicted octanol–water partition coefficient (Wildman–Crippen LogP) is 5.16. The number of hydrogen-bond acceptors (Lipinski definition) is 6. The van der Waals surface area contributed by atoms with Crippen molar-refractivity contribution in [3.63, 3.8) is 0 Å². The Labute approximate surface area is 204 Å². The molecule has 1 amide bonds. The van der Waals surface area contributed by atoms with Gasteiger partial charge in [0, 0.05) is 29.8 Å². The van der Waals surface area contributed by atoms with Crippen LogP contribution in [0.5, 0.6) is 0 Å². The molecule has 3 heterocycles. The number of nitrogens with one attached hydrogen (secondary N) is 2. The first-order valence-electron chi connectivity index (χ1n) is 10.6. The summed E-state index contributed by atoms with van der Waals surface area (Å²) >= 11 is 12.3. The molecule has 0 saturated carbocycles. The maximum Gasteiger partial charge on any atom is 0.301 e. The number of fused-ring (bicyclic) bond motifs is 3. The molecule has 1 spiro atoms. The van der Waals surface area contributed by atoms with Crippen LogP contribution in [-0.2, 0) is 15.2 Å². The fourth-order valence-corrected chi connectivity index (χ4v) is 4.96. The third kappa shape index (κ3) is 3.18. The number of benzene rings is 3. The fourth-order valence-electron chi connectivity index (χ4n) is 4.67. The second kappa shape index (κ2) is 7.80. The minimum Gasteiger partial charge on any atom is -0.365 e. The summed E-state index contributed by atoms with van der Waals surface area (Å²) in [7, 11) is 0. The van der Waals surface area contributed by atoms with Crippen LogP contribution in [0.2, 0.25) is 10.0 Å². The molecule has 8 nitrogen and oxygen atoms in total. The molecule has 170 valence electrons. The van der Waals surface area contributed by atoms with Crippen molar-refractivity contribution >= 4 is 57.6 Å². The Morgan fingerprint density at radius 3 is 2.62 bits per heavy atom. The number of carbonyl (C=O) groups is 1. The third-order valence-corrected chi connectivity index (χ3v) is 7.01. The highest BCUT2D eigenvalue weighted by atomic mass is 35.5. The molecule has 3 aromatic carbocycles. The third-order valence-electron chi connectivity index (χ3n) is 6.27. The molecule has 3 aliphatic heterocycles. The number of halogens is 2. The predicted molar refractivity (Wildman–Crippen MR) is 128 cm³/mol. The highest BCUT2D eigenvalue weighted by molar-refractivity contribution is 6.42. The van der Waals surface area contributed by atoms with Gasteiger partial charge < -0.3 is 20.6 Å². The van der Waals surface area contributed by atoms with Crippen molar-refractivity contribution in [1.82, 2.24) is 0 Å². The van der Waals surface area contributed by atoms with E-state index in [1.807, 2.05) is 48.5 Å². The van der Waals surface area contributed by atoms with Gasteiger partial charge >= 0.3 is 6.29 Å². The van der Waals surface area contributed by atoms with E-state index in [0.717, 1.165) is 11.3 Å². The number of nitrogens with zero attached hydrogens (tertiary/aromatic N) is 3. The van der Waals surface area contributed by atoms with Crippen LogP contribution in [-0.4, -0.2) is 33.8 Å². The van der Waals surface area contributed by atoms with E-state index in [2.05, 4.69) is 15.9 Å². The van der Waals surface area contributed by atoms with Gasteiger partial charge in [-0.1, -0.05) is 53.5 Å². The summed E-state index contributed by atoms with van der Waals surface area (Å²) < 4.78 is 1.51. The van der Waals surface area contributed by atoms with E-state index in [1.165, 1.54) is 4.70 Å². The molecule has 3 atom stereocenters. The molecule has 0 aromatic heterocycles. The van der Waals surface area contributed by atoms with E-state index in [4.69, 9.17) is 33.0 Å². The number of carbonyl (C=O) groups excluding carboxylic acids is 1. The quantitative estimate of drug-likeness (QED) is 0.428. The minimum absolute atomic E-state index is 0.170. The molecule has 10 heteroatoms. The molecule has 3 N–H and O–H groups in total. The highest BCUT2D eigenvalue weighted by Crippen LogP contribution is 2.46. The van der Waals surface area contributed by atoms with Gasteiger partial charge in [0.1, 0.15) is 0 Å². The van der Waals surface area contributed by atoms with Gasteiger partial charge in [-0.25, -0.2) is 4.99 Å². The molecule has 0 radical (unpaired) electrons. The molecule has 0 bridgehead atoms. The first-order valence-corrected chi connectivity index (χ1v) is 11.4. The zero-order valence-electron chi connectivity index (χ0n) is 17.6. The summed E-state index contributed by atoms with van der Waals surface area (Å²) in [4.78, 5) is 23.6. The fraction of sp³-hybridized carbons (Fsp3) is 0.167. The molecule has 3 unspecified atom stereocenters. The maximum atomic E-state index is 13.5. The van der Waals surface area contributed by atoms with Crippen LogP contribution in [0, 0.1) is 0 Å². The number of anilines is 2. The van der Waals surface area contributed by atoms with Crippen molar-refractivity contribution in [3.05, 3.63) is 82.3 Å². The number of aliphatic hydroxyl groups excluding tert-OH is 1. The normalized spacial score (nSPS) is 24.9. The van der Waals surface area contributed by atoms with Crippen molar-refractivity contribution in [3.8, 4) is 0 Å². The first-order chi connectivity index (χ1) is 16.5. The number of hydrogen-bond donors (Lipinski definition) is 3. The number of amides is 1. The van der Waals surface area contributed by atoms with E-state index in [-0.39, 0.29) is 12.3 Å². The molecule has 3 aromatic rings. The van der Waals surface area contributed by atoms with Crippen LogP contribution in [0.15, 0.2) is 77.0 Å². The lowest BCUT2D eigenvalue weighted by atomic mass is 9.84. The number of aliphatic imine (C=N–C) groups is 1. The lowest BCUT2D eigenvalue weighted by Gasteiger charge is -2.29. The Morgan fingerprint density at radius 2 is 1.79 bits per heavy atom. The van der Waals surface area contributed by atoms with E-state index in [1.54, 1.807) is 18.2 Å². The summed E-state index contributed by atoms with van der Waals surface area (Å²) in [5.41, 5.74) is 2.83. The number of aliphatic hydroxyl groups is 1. The van der Waals surface area contributed by atoms with Gasteiger partial charge in [-0.2, -0.15) is 0 Å². The van der Waals surface area contributed by atoms with Crippen LogP contribution in [0.3, 0.4) is 0 Å². The van der Waals surface area contributed by atoms with Crippen molar-refractivity contribution in [2.24, 2.45) is 10.3 Å². The Bertz CT molecular complexity index is 1410. The Kier molecular flexibility index (Phi) is 4.84. The summed E-state index contributed by atoms with van der Waals surface area (Å²) in [5.74, 6) is -0.204. The van der Waals surface area contributed by atoms with Crippen LogP contribution in [0.25, 0.3) is 0 Å². The molecule has 0 saturated heterocycles. The van der Waals surface area contributed by atoms with E-state index in [0.29, 0.717) is 32.8 Å². The first kappa shape index (κ1) is 21.1. The second-order valence-corrected chi connectivity index (χ2v) is 9.11. The van der Waals surface area contributed by atoms with Crippen LogP contribution >= 0.6 is 23.2 Å². The van der Waals surface area contributed by atoms with E-state index >= 15 is 0 Å². The van der Waals surface area contributed by atoms with Gasteiger partial charge in [0.05, 0.1) is 27.1 Å². The maximum absolute atomic E-state index is 13.5. The van der Waals surface area contributed by atoms with Gasteiger partial charge in [0.2, 0.25) is 5.69 Å². The van der Waals surface area contributed by atoms with Crippen LogP contribution in [0.1, 0.15) is 12.0 Å². The van der Waals surface area contributed by atoms with E-state index < -0.39 is 17.9 Å². The Balaban J connectivity index is 1.51. The summed E-state index contributed by atoms with van der Waals surface area (Å²) in [6, 6.07) is 19.2. The van der Waals surface area contributed by atoms with Crippen LogP contribution in [0.4, 0.5) is 22.7 Å². The molecule has 6 rings (SSSR count). The van der Waals surface area contributed by atoms with Crippen molar-refractivity contribution in [1.29, 1.82) is 0 Å². The lowest BCUT2D eigenvalue weighted by molar-refractivity contribution is -0.529. The minimum atomic E-state index is -1.31. The second-order valence-electron chi connectivity index (χ2n) is 8.29. The average molecular weight is 495 g/mol. The standard InChI is InChI=1S/C24H17Cl2N5O3/c25-15-10-9-13(11-16(15)26)31-21(22(32)34-30-31)20-12-24(29-19-8-4-3-7-18(19)27-20)14-5-1-2-6-17(14)28-23(24)33/h1-11,21-22,29,32H,12H2/p+1. The Morgan fingerprint density at radius 1 is 1.03 bits per heavy atom. The molecule has 34 heavy (non-hydrogen) atoms. The molecule has 0 fully saturated rings. The molecule has 3 aliphatic rings. The average Bonchev–Trinajstić information content (AvgIpc) is 3.27. The Hall–Kier alpha value is -3.46. The SMILES string of the molecule is O=C1Nc2ccccc2C12CC(C1C(O)ON=[N+]1c1ccc(Cl)c(Cl)c1)=Nc1ccccc1N2. The summed E-state index contributed by atoms with van der Waals surface area (Å²) in [5, 5.41) is 22.0. The topological polar surface area (TPSA) is 98.3 Å². The number of para-hydroxylation sites is 3. The van der Waals surface area contributed by atoms with Gasteiger partial charge in [0.25, 0.3) is 11.9 Å². The summed E-state index contributed by atoms with van der Waals surface area (Å²) in [6.07, 6.45) is -1.14.